The van der Waals surface area contributed by atoms with Gasteiger partial charge in [0.1, 0.15) is 11.5 Å². The summed E-state index contributed by atoms with van der Waals surface area (Å²) in [5, 5.41) is 0. The lowest BCUT2D eigenvalue weighted by atomic mass is 9.63. The molecule has 1 aromatic carbocycles. The zero-order chi connectivity index (χ0) is 13.0. The van der Waals surface area contributed by atoms with Crippen LogP contribution in [0.4, 0.5) is 0 Å². The number of rotatable bonds is 1. The van der Waals surface area contributed by atoms with Crippen LogP contribution in [0.15, 0.2) is 29.8 Å². The smallest absolute Gasteiger partial charge is 0.144 e. The zero-order valence-electron chi connectivity index (χ0n) is 11.2. The highest BCUT2D eigenvalue weighted by Crippen LogP contribution is 2.57. The van der Waals surface area contributed by atoms with Gasteiger partial charge in [-0.25, -0.2) is 0 Å². The number of Topliss-reactive ketones (excluding diaryl/α,β-unsaturated/α-hetero) is 1. The average molecular weight is 254 g/mol. The molecule has 1 saturated carbocycles. The molecular weight excluding hydrogens is 236 g/mol. The maximum absolute atomic E-state index is 12.7. The van der Waals surface area contributed by atoms with Gasteiger partial charge in [-0.2, -0.15) is 0 Å². The van der Waals surface area contributed by atoms with Crippen molar-refractivity contribution in [3.8, 4) is 5.75 Å². The fraction of sp³-hybridized carbons (Fsp3) is 0.471. The second-order valence-electron chi connectivity index (χ2n) is 6.21. The number of fused-ring (bicyclic) bond motifs is 4. The van der Waals surface area contributed by atoms with E-state index in [0.717, 1.165) is 31.4 Å². The summed E-state index contributed by atoms with van der Waals surface area (Å²) in [6, 6.07) is 6.09. The van der Waals surface area contributed by atoms with Gasteiger partial charge in [0.25, 0.3) is 0 Å². The molecule has 19 heavy (non-hydrogen) atoms. The molecule has 0 amide bonds. The van der Waals surface area contributed by atoms with Gasteiger partial charge in [0.15, 0.2) is 0 Å². The molecule has 2 heteroatoms. The lowest BCUT2D eigenvalue weighted by Crippen LogP contribution is -2.42. The van der Waals surface area contributed by atoms with Crippen molar-refractivity contribution in [1.82, 2.24) is 0 Å². The summed E-state index contributed by atoms with van der Waals surface area (Å²) in [6.07, 6.45) is 7.07. The van der Waals surface area contributed by atoms with E-state index in [9.17, 15) is 4.79 Å². The fourth-order valence-corrected chi connectivity index (χ4v) is 4.37. The molecule has 0 N–H and O–H groups in total. The standard InChI is InChI=1S/C17H18O2/c1-19-15-4-2-3-12-8-16(18)17(10-14(12)15)9-11-5-6-13(17)7-11/h2-5,13H,6-10H2,1H3. The van der Waals surface area contributed by atoms with Gasteiger partial charge >= 0.3 is 0 Å². The van der Waals surface area contributed by atoms with E-state index in [4.69, 9.17) is 4.74 Å². The Bertz CT molecular complexity index is 599. The molecule has 1 spiro atoms. The Morgan fingerprint density at radius 2 is 2.21 bits per heavy atom. The first-order valence-corrected chi connectivity index (χ1v) is 7.09. The number of benzene rings is 1. The molecule has 1 aromatic rings. The number of allylic oxidation sites excluding steroid dienone is 2. The van der Waals surface area contributed by atoms with Crippen molar-refractivity contribution in [3.05, 3.63) is 41.0 Å². The number of ketones is 1. The van der Waals surface area contributed by atoms with Crippen molar-refractivity contribution in [1.29, 1.82) is 0 Å². The van der Waals surface area contributed by atoms with Crippen molar-refractivity contribution >= 4 is 5.78 Å². The molecule has 2 bridgehead atoms. The summed E-state index contributed by atoms with van der Waals surface area (Å²) in [6.45, 7) is 0. The number of hydrogen-bond acceptors (Lipinski definition) is 2. The minimum absolute atomic E-state index is 0.105. The van der Waals surface area contributed by atoms with Crippen molar-refractivity contribution in [2.24, 2.45) is 11.3 Å². The van der Waals surface area contributed by atoms with Crippen LogP contribution in [0.3, 0.4) is 0 Å². The Balaban J connectivity index is 1.82. The lowest BCUT2D eigenvalue weighted by Gasteiger charge is -2.39. The average Bonchev–Trinajstić information content (AvgIpc) is 3.00. The maximum atomic E-state index is 12.7. The van der Waals surface area contributed by atoms with Crippen LogP contribution >= 0.6 is 0 Å². The van der Waals surface area contributed by atoms with Gasteiger partial charge in [-0.3, -0.25) is 4.79 Å². The first kappa shape index (κ1) is 11.3. The second-order valence-corrected chi connectivity index (χ2v) is 6.21. The van der Waals surface area contributed by atoms with Crippen LogP contribution in [-0.2, 0) is 17.6 Å². The van der Waals surface area contributed by atoms with Crippen LogP contribution in [0.25, 0.3) is 0 Å². The highest BCUT2D eigenvalue weighted by molar-refractivity contribution is 5.91. The largest absolute Gasteiger partial charge is 0.496 e. The maximum Gasteiger partial charge on any atom is 0.144 e. The van der Waals surface area contributed by atoms with Crippen molar-refractivity contribution in [2.75, 3.05) is 7.11 Å². The van der Waals surface area contributed by atoms with Crippen LogP contribution < -0.4 is 4.74 Å². The van der Waals surface area contributed by atoms with E-state index in [2.05, 4.69) is 12.1 Å². The molecule has 0 aromatic heterocycles. The molecule has 2 unspecified atom stereocenters. The third-order valence-electron chi connectivity index (χ3n) is 5.37. The monoisotopic (exact) mass is 254 g/mol. The van der Waals surface area contributed by atoms with Crippen LogP contribution in [0, 0.1) is 11.3 Å². The van der Waals surface area contributed by atoms with Gasteiger partial charge in [0.05, 0.1) is 7.11 Å². The summed E-state index contributed by atoms with van der Waals surface area (Å²) >= 11 is 0. The van der Waals surface area contributed by atoms with E-state index in [1.807, 2.05) is 12.1 Å². The first-order valence-electron chi connectivity index (χ1n) is 7.09. The molecule has 0 radical (unpaired) electrons. The number of carbonyl (C=O) groups is 1. The number of hydrogen-bond donors (Lipinski definition) is 0. The van der Waals surface area contributed by atoms with Crippen LogP contribution in [0.5, 0.6) is 5.75 Å². The summed E-state index contributed by atoms with van der Waals surface area (Å²) in [7, 11) is 1.72. The van der Waals surface area contributed by atoms with E-state index in [-0.39, 0.29) is 5.41 Å². The second kappa shape index (κ2) is 3.72. The van der Waals surface area contributed by atoms with Gasteiger partial charge in [-0.1, -0.05) is 23.8 Å². The molecule has 0 heterocycles. The Morgan fingerprint density at radius 3 is 2.89 bits per heavy atom. The normalized spacial score (nSPS) is 31.5. The highest BCUT2D eigenvalue weighted by atomic mass is 16.5. The van der Waals surface area contributed by atoms with E-state index >= 15 is 0 Å². The molecule has 0 aliphatic heterocycles. The quantitative estimate of drug-likeness (QED) is 0.720. The Morgan fingerprint density at radius 1 is 1.32 bits per heavy atom. The Labute approximate surface area is 113 Å². The third-order valence-corrected chi connectivity index (χ3v) is 5.37. The third kappa shape index (κ3) is 1.40. The number of ether oxygens (including phenoxy) is 1. The summed E-state index contributed by atoms with van der Waals surface area (Å²) in [5.74, 6) is 1.97. The predicted octanol–water partition coefficient (Wildman–Crippen LogP) is 3.09. The molecule has 3 aliphatic carbocycles. The van der Waals surface area contributed by atoms with E-state index < -0.39 is 0 Å². The van der Waals surface area contributed by atoms with Gasteiger partial charge < -0.3 is 4.74 Å². The minimum atomic E-state index is -0.105. The van der Waals surface area contributed by atoms with E-state index in [0.29, 0.717) is 18.1 Å². The molecular formula is C17H18O2. The van der Waals surface area contributed by atoms with E-state index in [1.165, 1.54) is 16.7 Å². The number of carbonyl (C=O) groups excluding carboxylic acids is 1. The van der Waals surface area contributed by atoms with Gasteiger partial charge in [-0.05, 0) is 48.8 Å². The zero-order valence-corrected chi connectivity index (χ0v) is 11.2. The summed E-state index contributed by atoms with van der Waals surface area (Å²) in [5.41, 5.74) is 3.85. The molecule has 2 nitrogen and oxygen atoms in total. The molecule has 3 aliphatic rings. The summed E-state index contributed by atoms with van der Waals surface area (Å²) in [4.78, 5) is 12.7. The fourth-order valence-electron chi connectivity index (χ4n) is 4.37. The van der Waals surface area contributed by atoms with Crippen LogP contribution in [0.2, 0.25) is 0 Å². The first-order chi connectivity index (χ1) is 9.23. The van der Waals surface area contributed by atoms with Gasteiger partial charge in [0.2, 0.25) is 0 Å². The molecule has 98 valence electrons. The van der Waals surface area contributed by atoms with Crippen molar-refractivity contribution in [2.45, 2.75) is 32.1 Å². The van der Waals surface area contributed by atoms with Crippen molar-refractivity contribution in [3.63, 3.8) is 0 Å². The highest BCUT2D eigenvalue weighted by Gasteiger charge is 2.53. The topological polar surface area (TPSA) is 26.3 Å². The van der Waals surface area contributed by atoms with Crippen LogP contribution in [0.1, 0.15) is 30.4 Å². The predicted molar refractivity (Wildman–Crippen MR) is 73.3 cm³/mol. The lowest BCUT2D eigenvalue weighted by molar-refractivity contribution is -0.131. The Hall–Kier alpha value is -1.57. The van der Waals surface area contributed by atoms with E-state index in [1.54, 1.807) is 7.11 Å². The van der Waals surface area contributed by atoms with Crippen molar-refractivity contribution < 1.29 is 9.53 Å². The summed E-state index contributed by atoms with van der Waals surface area (Å²) < 4.78 is 5.50. The number of methoxy groups -OCH3 is 1. The molecule has 0 saturated heterocycles. The van der Waals surface area contributed by atoms with Gasteiger partial charge in [-0.15, -0.1) is 0 Å². The van der Waals surface area contributed by atoms with Crippen LogP contribution in [-0.4, -0.2) is 12.9 Å². The molecule has 2 atom stereocenters. The Kier molecular flexibility index (Phi) is 2.21. The SMILES string of the molecule is COc1cccc2c1CC1(CC3=CCC1C3)C(=O)C2. The molecule has 1 fully saturated rings. The molecule has 4 rings (SSSR count). The van der Waals surface area contributed by atoms with Gasteiger partial charge in [0, 0.05) is 11.8 Å². The minimum Gasteiger partial charge on any atom is -0.496 e.